The topological polar surface area (TPSA) is 29.1 Å². The van der Waals surface area contributed by atoms with Gasteiger partial charge in [-0.2, -0.15) is 11.8 Å². The van der Waals surface area contributed by atoms with Gasteiger partial charge in [-0.25, -0.2) is 0 Å². The maximum atomic E-state index is 11.8. The van der Waals surface area contributed by atoms with Gasteiger partial charge in [0.05, 0.1) is 11.8 Å². The van der Waals surface area contributed by atoms with Crippen molar-refractivity contribution in [2.45, 2.75) is 32.7 Å². The molecule has 1 amide bonds. The van der Waals surface area contributed by atoms with Crippen molar-refractivity contribution in [3.05, 3.63) is 33.8 Å². The highest BCUT2D eigenvalue weighted by atomic mass is 35.5. The van der Waals surface area contributed by atoms with Gasteiger partial charge in [-0.1, -0.05) is 42.6 Å². The lowest BCUT2D eigenvalue weighted by Crippen LogP contribution is -2.28. The molecule has 0 aromatic heterocycles. The number of hydrogen-bond acceptors (Lipinski definition) is 2. The van der Waals surface area contributed by atoms with Crippen LogP contribution in [0, 0.1) is 0 Å². The molecule has 1 aromatic carbocycles. The predicted octanol–water partition coefficient (Wildman–Crippen LogP) is 4.70. The number of carbonyl (C=O) groups is 1. The molecule has 0 radical (unpaired) electrons. The third kappa shape index (κ3) is 6.07. The maximum Gasteiger partial charge on any atom is 0.230 e. The van der Waals surface area contributed by atoms with E-state index in [1.807, 2.05) is 13.0 Å². The summed E-state index contributed by atoms with van der Waals surface area (Å²) >= 11 is 13.6. The van der Waals surface area contributed by atoms with E-state index in [1.165, 1.54) is 0 Å². The van der Waals surface area contributed by atoms with E-state index >= 15 is 0 Å². The maximum absolute atomic E-state index is 11.8. The van der Waals surface area contributed by atoms with Crippen LogP contribution in [0.15, 0.2) is 18.2 Å². The lowest BCUT2D eigenvalue weighted by molar-refractivity contribution is -0.119. The van der Waals surface area contributed by atoms with Gasteiger partial charge in [-0.15, -0.1) is 0 Å². The van der Waals surface area contributed by atoms with Crippen LogP contribution in [-0.2, 0) is 4.79 Å². The number of nitrogens with one attached hydrogen (secondary N) is 1. The quantitative estimate of drug-likeness (QED) is 0.738. The Morgan fingerprint density at radius 3 is 2.79 bits per heavy atom. The van der Waals surface area contributed by atoms with Gasteiger partial charge in [-0.3, -0.25) is 4.79 Å². The summed E-state index contributed by atoms with van der Waals surface area (Å²) in [5, 5.41) is 4.13. The Labute approximate surface area is 129 Å². The molecule has 0 aliphatic heterocycles. The molecule has 0 fully saturated rings. The molecule has 1 N–H and O–H groups in total. The van der Waals surface area contributed by atoms with Crippen LogP contribution in [0.25, 0.3) is 0 Å². The van der Waals surface area contributed by atoms with Crippen molar-refractivity contribution in [1.29, 1.82) is 0 Å². The standard InChI is InChI=1S/C14H19Cl2NOS/c1-3-4-7-19-9-14(18)17-10(2)12-6-5-11(15)8-13(12)16/h5-6,8,10H,3-4,7,9H2,1-2H3,(H,17,18). The van der Waals surface area contributed by atoms with Crippen molar-refractivity contribution in [3.8, 4) is 0 Å². The van der Waals surface area contributed by atoms with E-state index in [0.29, 0.717) is 15.8 Å². The molecule has 19 heavy (non-hydrogen) atoms. The molecule has 0 aliphatic carbocycles. The SMILES string of the molecule is CCCCSCC(=O)NC(C)c1ccc(Cl)cc1Cl. The second-order valence-corrected chi connectivity index (χ2v) is 6.31. The van der Waals surface area contributed by atoms with Crippen molar-refractivity contribution >= 4 is 40.9 Å². The first-order chi connectivity index (χ1) is 9.04. The Kier molecular flexibility index (Phi) is 7.66. The monoisotopic (exact) mass is 319 g/mol. The van der Waals surface area contributed by atoms with Gasteiger partial charge < -0.3 is 5.32 Å². The van der Waals surface area contributed by atoms with Crippen LogP contribution in [0.3, 0.4) is 0 Å². The van der Waals surface area contributed by atoms with Crippen LogP contribution in [0.4, 0.5) is 0 Å². The summed E-state index contributed by atoms with van der Waals surface area (Å²) < 4.78 is 0. The molecule has 0 heterocycles. The number of thioether (sulfide) groups is 1. The summed E-state index contributed by atoms with van der Waals surface area (Å²) in [4.78, 5) is 11.8. The van der Waals surface area contributed by atoms with E-state index in [4.69, 9.17) is 23.2 Å². The molecule has 0 saturated heterocycles. The van der Waals surface area contributed by atoms with Crippen molar-refractivity contribution in [3.63, 3.8) is 0 Å². The summed E-state index contributed by atoms with van der Waals surface area (Å²) in [6.45, 7) is 4.06. The third-order valence-electron chi connectivity index (χ3n) is 2.68. The highest BCUT2D eigenvalue weighted by Gasteiger charge is 2.12. The zero-order valence-electron chi connectivity index (χ0n) is 11.2. The van der Waals surface area contributed by atoms with Crippen LogP contribution in [-0.4, -0.2) is 17.4 Å². The van der Waals surface area contributed by atoms with Crippen molar-refractivity contribution in [1.82, 2.24) is 5.32 Å². The number of hydrogen-bond donors (Lipinski definition) is 1. The summed E-state index contributed by atoms with van der Waals surface area (Å²) in [7, 11) is 0. The molecule has 5 heteroatoms. The Hall–Kier alpha value is -0.380. The largest absolute Gasteiger partial charge is 0.349 e. The lowest BCUT2D eigenvalue weighted by atomic mass is 10.1. The van der Waals surface area contributed by atoms with Crippen LogP contribution in [0.1, 0.15) is 38.3 Å². The predicted molar refractivity (Wildman–Crippen MR) is 85.3 cm³/mol. The molecule has 0 spiro atoms. The molecule has 0 aliphatic rings. The summed E-state index contributed by atoms with van der Waals surface area (Å²) in [5.41, 5.74) is 0.887. The van der Waals surface area contributed by atoms with E-state index in [2.05, 4.69) is 12.2 Å². The molecular formula is C14H19Cl2NOS. The van der Waals surface area contributed by atoms with Crippen LogP contribution >= 0.6 is 35.0 Å². The van der Waals surface area contributed by atoms with Gasteiger partial charge in [0.15, 0.2) is 0 Å². The first kappa shape index (κ1) is 16.7. The van der Waals surface area contributed by atoms with Crippen molar-refractivity contribution in [2.24, 2.45) is 0 Å². The normalized spacial score (nSPS) is 12.2. The first-order valence-electron chi connectivity index (χ1n) is 6.36. The van der Waals surface area contributed by atoms with Gasteiger partial charge in [-0.05, 0) is 36.8 Å². The smallest absolute Gasteiger partial charge is 0.230 e. The minimum absolute atomic E-state index is 0.0413. The number of halogens is 2. The van der Waals surface area contributed by atoms with Crippen molar-refractivity contribution < 1.29 is 4.79 Å². The highest BCUT2D eigenvalue weighted by molar-refractivity contribution is 7.99. The van der Waals surface area contributed by atoms with Gasteiger partial charge in [0, 0.05) is 10.0 Å². The van der Waals surface area contributed by atoms with E-state index in [-0.39, 0.29) is 11.9 Å². The summed E-state index contributed by atoms with van der Waals surface area (Å²) in [6, 6.07) is 5.21. The lowest BCUT2D eigenvalue weighted by Gasteiger charge is -2.15. The fourth-order valence-corrected chi connectivity index (χ4v) is 3.10. The van der Waals surface area contributed by atoms with Gasteiger partial charge in [0.1, 0.15) is 0 Å². The Balaban J connectivity index is 2.45. The third-order valence-corrected chi connectivity index (χ3v) is 4.29. The molecule has 106 valence electrons. The molecular weight excluding hydrogens is 301 g/mol. The molecule has 1 aromatic rings. The average Bonchev–Trinajstić information content (AvgIpc) is 2.34. The fourth-order valence-electron chi connectivity index (χ4n) is 1.62. The fraction of sp³-hybridized carbons (Fsp3) is 0.500. The molecule has 2 nitrogen and oxygen atoms in total. The van der Waals surface area contributed by atoms with Crippen LogP contribution in [0.2, 0.25) is 10.0 Å². The van der Waals surface area contributed by atoms with Gasteiger partial charge >= 0.3 is 0 Å². The highest BCUT2D eigenvalue weighted by Crippen LogP contribution is 2.26. The minimum atomic E-state index is -0.107. The van der Waals surface area contributed by atoms with Crippen molar-refractivity contribution in [2.75, 3.05) is 11.5 Å². The van der Waals surface area contributed by atoms with E-state index in [1.54, 1.807) is 23.9 Å². The van der Waals surface area contributed by atoms with E-state index in [0.717, 1.165) is 24.2 Å². The Morgan fingerprint density at radius 1 is 1.42 bits per heavy atom. The second kappa shape index (κ2) is 8.72. The Bertz CT molecular complexity index is 426. The number of carbonyl (C=O) groups excluding carboxylic acids is 1. The molecule has 0 saturated carbocycles. The van der Waals surface area contributed by atoms with Gasteiger partial charge in [0.2, 0.25) is 5.91 Å². The second-order valence-electron chi connectivity index (χ2n) is 4.36. The molecule has 0 bridgehead atoms. The Morgan fingerprint density at radius 2 is 2.16 bits per heavy atom. The first-order valence-corrected chi connectivity index (χ1v) is 8.27. The zero-order chi connectivity index (χ0) is 14.3. The number of benzene rings is 1. The van der Waals surface area contributed by atoms with E-state index in [9.17, 15) is 4.79 Å². The number of unbranched alkanes of at least 4 members (excludes halogenated alkanes) is 1. The average molecular weight is 320 g/mol. The number of rotatable bonds is 7. The summed E-state index contributed by atoms with van der Waals surface area (Å²) in [6.07, 6.45) is 2.31. The summed E-state index contributed by atoms with van der Waals surface area (Å²) in [5.74, 6) is 1.56. The zero-order valence-corrected chi connectivity index (χ0v) is 13.5. The molecule has 1 unspecified atom stereocenters. The minimum Gasteiger partial charge on any atom is -0.349 e. The van der Waals surface area contributed by atoms with Crippen LogP contribution in [0.5, 0.6) is 0 Å². The number of amides is 1. The van der Waals surface area contributed by atoms with E-state index < -0.39 is 0 Å². The van der Waals surface area contributed by atoms with Crippen LogP contribution < -0.4 is 5.32 Å². The molecule has 1 atom stereocenters. The van der Waals surface area contributed by atoms with Gasteiger partial charge in [0.25, 0.3) is 0 Å². The molecule has 1 rings (SSSR count).